The Morgan fingerprint density at radius 1 is 0.966 bits per heavy atom. The van der Waals surface area contributed by atoms with Crippen LogP contribution in [0.3, 0.4) is 0 Å². The third-order valence-electron chi connectivity index (χ3n) is 5.04. The first-order valence-corrected chi connectivity index (χ1v) is 11.7. The molecule has 0 atom stereocenters. The van der Waals surface area contributed by atoms with Crippen molar-refractivity contribution < 1.29 is 18.0 Å². The zero-order valence-electron chi connectivity index (χ0n) is 17.7. The van der Waals surface area contributed by atoms with E-state index in [1.165, 1.54) is 0 Å². The third-order valence-corrected chi connectivity index (χ3v) is 6.52. The van der Waals surface area contributed by atoms with Gasteiger partial charge in [-0.15, -0.1) is 0 Å². The Balaban J connectivity index is 1.71. The predicted octanol–water partition coefficient (Wildman–Crippen LogP) is 2.17. The molecule has 2 rings (SSSR count). The number of sulfonamides is 1. The monoisotopic (exact) mass is 423 g/mol. The summed E-state index contributed by atoms with van der Waals surface area (Å²) in [4.78, 5) is 26.0. The van der Waals surface area contributed by atoms with Crippen molar-refractivity contribution in [3.05, 3.63) is 29.8 Å². The molecule has 1 aliphatic rings. The molecule has 8 heteroatoms. The Kier molecular flexibility index (Phi) is 8.22. The Morgan fingerprint density at radius 3 is 2.17 bits per heavy atom. The number of carbonyl (C=O) groups is 2. The molecule has 1 aliphatic heterocycles. The van der Waals surface area contributed by atoms with Crippen molar-refractivity contribution in [3.8, 4) is 0 Å². The summed E-state index contributed by atoms with van der Waals surface area (Å²) in [5.41, 5.74) is 0.998. The molecular weight excluding hydrogens is 390 g/mol. The summed E-state index contributed by atoms with van der Waals surface area (Å²) >= 11 is 0. The van der Waals surface area contributed by atoms with E-state index in [9.17, 15) is 18.0 Å². The van der Waals surface area contributed by atoms with Crippen molar-refractivity contribution >= 4 is 21.8 Å². The van der Waals surface area contributed by atoms with E-state index in [-0.39, 0.29) is 48.1 Å². The van der Waals surface area contributed by atoms with Crippen LogP contribution in [-0.4, -0.2) is 51.3 Å². The van der Waals surface area contributed by atoms with Gasteiger partial charge in [-0.3, -0.25) is 9.59 Å². The van der Waals surface area contributed by atoms with Crippen LogP contribution in [-0.2, 0) is 25.0 Å². The number of nitrogens with zero attached hydrogens (tertiary/aromatic N) is 1. The fraction of sp³-hybridized carbons (Fsp3) is 0.619. The van der Waals surface area contributed by atoms with Gasteiger partial charge in [0, 0.05) is 39.0 Å². The lowest BCUT2D eigenvalue weighted by Crippen LogP contribution is -2.38. The first-order valence-electron chi connectivity index (χ1n) is 10.2. The van der Waals surface area contributed by atoms with Gasteiger partial charge in [0.25, 0.3) is 0 Å². The maximum Gasteiger partial charge on any atom is 0.240 e. The van der Waals surface area contributed by atoms with Gasteiger partial charge in [-0.1, -0.05) is 32.9 Å². The molecule has 0 bridgehead atoms. The van der Waals surface area contributed by atoms with E-state index in [1.54, 1.807) is 24.3 Å². The quantitative estimate of drug-likeness (QED) is 0.670. The summed E-state index contributed by atoms with van der Waals surface area (Å²) in [5, 5.41) is 2.68. The van der Waals surface area contributed by atoms with E-state index >= 15 is 0 Å². The second-order valence-corrected chi connectivity index (χ2v) is 10.2. The van der Waals surface area contributed by atoms with Gasteiger partial charge >= 0.3 is 0 Å². The average Bonchev–Trinajstić information content (AvgIpc) is 2.68. The number of rotatable bonds is 8. The summed E-state index contributed by atoms with van der Waals surface area (Å²) in [6.45, 7) is 8.06. The van der Waals surface area contributed by atoms with E-state index in [0.29, 0.717) is 0 Å². The minimum absolute atomic E-state index is 0.00919. The topological polar surface area (TPSA) is 95.6 Å². The highest BCUT2D eigenvalue weighted by Gasteiger charge is 2.18. The van der Waals surface area contributed by atoms with E-state index in [2.05, 4.69) is 30.8 Å². The maximum absolute atomic E-state index is 12.4. The van der Waals surface area contributed by atoms with Crippen LogP contribution in [0.2, 0.25) is 0 Å². The van der Waals surface area contributed by atoms with E-state index in [0.717, 1.165) is 37.9 Å². The highest BCUT2D eigenvalue weighted by atomic mass is 32.2. The second kappa shape index (κ2) is 10.2. The zero-order valence-corrected chi connectivity index (χ0v) is 18.5. The molecular formula is C21H33N3O4S. The molecule has 1 saturated heterocycles. The molecule has 1 aromatic carbocycles. The lowest BCUT2D eigenvalue weighted by Gasteiger charge is -2.26. The summed E-state index contributed by atoms with van der Waals surface area (Å²) in [6.07, 6.45) is 3.54. The summed E-state index contributed by atoms with van der Waals surface area (Å²) in [5.74, 6) is -0.216. The van der Waals surface area contributed by atoms with Crippen LogP contribution >= 0.6 is 0 Å². The van der Waals surface area contributed by atoms with E-state index in [1.807, 2.05) is 4.90 Å². The number of likely N-dealkylation sites (tertiary alicyclic amines) is 1. The van der Waals surface area contributed by atoms with Crippen molar-refractivity contribution in [1.82, 2.24) is 14.9 Å². The summed E-state index contributed by atoms with van der Waals surface area (Å²) < 4.78 is 27.2. The number of nitrogens with one attached hydrogen (secondary N) is 2. The van der Waals surface area contributed by atoms with Crippen LogP contribution in [0.25, 0.3) is 0 Å². The van der Waals surface area contributed by atoms with Gasteiger partial charge in [-0.05, 0) is 42.4 Å². The highest BCUT2D eigenvalue weighted by molar-refractivity contribution is 7.89. The van der Waals surface area contributed by atoms with Crippen molar-refractivity contribution in [2.75, 3.05) is 26.2 Å². The SMILES string of the molecule is CC(C)(C)c1ccc(S(=O)(=O)NCCC(=O)NCCC(=O)N2CCCCC2)cc1. The van der Waals surface area contributed by atoms with Crippen LogP contribution in [0, 0.1) is 0 Å². The highest BCUT2D eigenvalue weighted by Crippen LogP contribution is 2.23. The standard InChI is InChI=1S/C21H33N3O4S/c1-21(2,3)17-7-9-18(10-8-17)29(27,28)23-14-11-19(25)22-13-12-20(26)24-15-5-4-6-16-24/h7-10,23H,4-6,11-16H2,1-3H3,(H,22,25). The number of benzene rings is 1. The molecule has 2 amide bonds. The fourth-order valence-corrected chi connectivity index (χ4v) is 4.25. The van der Waals surface area contributed by atoms with Crippen molar-refractivity contribution in [2.24, 2.45) is 0 Å². The van der Waals surface area contributed by atoms with Crippen LogP contribution in [0.4, 0.5) is 0 Å². The molecule has 0 aromatic heterocycles. The lowest BCUT2D eigenvalue weighted by molar-refractivity contribution is -0.132. The van der Waals surface area contributed by atoms with Crippen molar-refractivity contribution in [1.29, 1.82) is 0 Å². The smallest absolute Gasteiger partial charge is 0.240 e. The van der Waals surface area contributed by atoms with Crippen LogP contribution < -0.4 is 10.0 Å². The van der Waals surface area contributed by atoms with Gasteiger partial charge in [-0.25, -0.2) is 13.1 Å². The largest absolute Gasteiger partial charge is 0.356 e. The Hall–Kier alpha value is -1.93. The van der Waals surface area contributed by atoms with Crippen LogP contribution in [0.5, 0.6) is 0 Å². The Morgan fingerprint density at radius 2 is 1.59 bits per heavy atom. The van der Waals surface area contributed by atoms with Gasteiger partial charge < -0.3 is 10.2 Å². The summed E-state index contributed by atoms with van der Waals surface area (Å²) in [7, 11) is -3.66. The van der Waals surface area contributed by atoms with Crippen LogP contribution in [0.15, 0.2) is 29.2 Å². The van der Waals surface area contributed by atoms with Crippen LogP contribution in [0.1, 0.15) is 58.4 Å². The van der Waals surface area contributed by atoms with Gasteiger partial charge in [0.15, 0.2) is 0 Å². The Bertz CT molecular complexity index is 792. The van der Waals surface area contributed by atoms with Gasteiger partial charge in [0.2, 0.25) is 21.8 Å². The molecule has 29 heavy (non-hydrogen) atoms. The molecule has 0 unspecified atom stereocenters. The number of hydrogen-bond donors (Lipinski definition) is 2. The average molecular weight is 424 g/mol. The zero-order chi connectivity index (χ0) is 21.5. The number of carbonyl (C=O) groups excluding carboxylic acids is 2. The normalized spacial score (nSPS) is 15.2. The lowest BCUT2D eigenvalue weighted by atomic mass is 9.87. The van der Waals surface area contributed by atoms with Gasteiger partial charge in [0.05, 0.1) is 4.90 Å². The molecule has 0 radical (unpaired) electrons. The molecule has 1 aromatic rings. The van der Waals surface area contributed by atoms with E-state index < -0.39 is 10.0 Å². The minimum atomic E-state index is -3.66. The van der Waals surface area contributed by atoms with Gasteiger partial charge in [-0.2, -0.15) is 0 Å². The maximum atomic E-state index is 12.4. The molecule has 1 fully saturated rings. The number of piperidine rings is 1. The minimum Gasteiger partial charge on any atom is -0.356 e. The predicted molar refractivity (Wildman–Crippen MR) is 113 cm³/mol. The molecule has 0 spiro atoms. The first-order chi connectivity index (χ1) is 13.6. The van der Waals surface area contributed by atoms with Crippen molar-refractivity contribution in [2.45, 2.75) is 63.2 Å². The fourth-order valence-electron chi connectivity index (χ4n) is 3.22. The molecule has 162 valence electrons. The first kappa shape index (κ1) is 23.3. The van der Waals surface area contributed by atoms with E-state index in [4.69, 9.17) is 0 Å². The molecule has 0 saturated carbocycles. The van der Waals surface area contributed by atoms with Gasteiger partial charge in [0.1, 0.15) is 0 Å². The van der Waals surface area contributed by atoms with Crippen molar-refractivity contribution in [3.63, 3.8) is 0 Å². The second-order valence-electron chi connectivity index (χ2n) is 8.46. The molecule has 1 heterocycles. The summed E-state index contributed by atoms with van der Waals surface area (Å²) in [6, 6.07) is 6.77. The molecule has 2 N–H and O–H groups in total. The number of amides is 2. The number of hydrogen-bond acceptors (Lipinski definition) is 4. The molecule has 0 aliphatic carbocycles. The Labute approximate surface area is 174 Å². The molecule has 7 nitrogen and oxygen atoms in total. The third kappa shape index (κ3) is 7.44.